The summed E-state index contributed by atoms with van der Waals surface area (Å²) in [6.07, 6.45) is 2.41. The van der Waals surface area contributed by atoms with Crippen LogP contribution in [0.3, 0.4) is 0 Å². The van der Waals surface area contributed by atoms with Crippen LogP contribution in [0, 0.1) is 5.82 Å². The molecule has 1 aliphatic rings. The summed E-state index contributed by atoms with van der Waals surface area (Å²) in [6, 6.07) is 13.8. The Labute approximate surface area is 161 Å². The van der Waals surface area contributed by atoms with E-state index in [4.69, 9.17) is 4.42 Å². The highest BCUT2D eigenvalue weighted by molar-refractivity contribution is 7.10. The lowest BCUT2D eigenvalue weighted by molar-refractivity contribution is 0.0911. The molecule has 3 heterocycles. The number of hydrogen-bond acceptors (Lipinski definition) is 4. The van der Waals surface area contributed by atoms with Gasteiger partial charge in [0.2, 0.25) is 0 Å². The van der Waals surface area contributed by atoms with E-state index < -0.39 is 0 Å². The summed E-state index contributed by atoms with van der Waals surface area (Å²) in [6.45, 7) is 2.67. The van der Waals surface area contributed by atoms with Gasteiger partial charge >= 0.3 is 0 Å². The van der Waals surface area contributed by atoms with E-state index in [-0.39, 0.29) is 23.5 Å². The van der Waals surface area contributed by atoms with Crippen molar-refractivity contribution in [2.45, 2.75) is 18.9 Å². The summed E-state index contributed by atoms with van der Waals surface area (Å²) < 4.78 is 18.7. The first-order valence-corrected chi connectivity index (χ1v) is 10.00. The van der Waals surface area contributed by atoms with Gasteiger partial charge in [0.15, 0.2) is 5.76 Å². The average Bonchev–Trinajstić information content (AvgIpc) is 3.44. The minimum absolute atomic E-state index is 0.197. The van der Waals surface area contributed by atoms with E-state index in [1.165, 1.54) is 29.9 Å². The molecule has 1 saturated heterocycles. The van der Waals surface area contributed by atoms with E-state index in [9.17, 15) is 9.18 Å². The first kappa shape index (κ1) is 17.9. The third-order valence-electron chi connectivity index (χ3n) is 4.87. The molecule has 2 aromatic heterocycles. The molecule has 27 heavy (non-hydrogen) atoms. The summed E-state index contributed by atoms with van der Waals surface area (Å²) in [5, 5.41) is 5.08. The SMILES string of the molecule is O=C(NC[C@@H](c1cccs1)N1CCCC1)c1ccc(-c2ccc(F)cc2)o1. The van der Waals surface area contributed by atoms with Gasteiger partial charge in [-0.2, -0.15) is 0 Å². The smallest absolute Gasteiger partial charge is 0.287 e. The van der Waals surface area contributed by atoms with Gasteiger partial charge in [0.1, 0.15) is 11.6 Å². The zero-order valence-electron chi connectivity index (χ0n) is 14.9. The van der Waals surface area contributed by atoms with Crippen LogP contribution in [0.2, 0.25) is 0 Å². The molecule has 0 radical (unpaired) electrons. The molecule has 0 unspecified atom stereocenters. The fraction of sp³-hybridized carbons (Fsp3) is 0.286. The van der Waals surface area contributed by atoms with Gasteiger partial charge in [-0.1, -0.05) is 6.07 Å². The standard InChI is InChI=1S/C21H21FN2O2S/c22-16-7-5-15(6-8-16)18-9-10-19(26-18)21(25)23-14-17(20-4-3-13-27-20)24-11-1-2-12-24/h3-10,13,17H,1-2,11-12,14H2,(H,23,25)/t17-/m0/s1. The molecule has 0 spiro atoms. The Hall–Kier alpha value is -2.44. The fourth-order valence-corrected chi connectivity index (χ4v) is 4.31. The number of hydrogen-bond donors (Lipinski definition) is 1. The fourth-order valence-electron chi connectivity index (χ4n) is 3.45. The summed E-state index contributed by atoms with van der Waals surface area (Å²) in [5.41, 5.74) is 0.740. The molecule has 1 N–H and O–H groups in total. The summed E-state index contributed by atoms with van der Waals surface area (Å²) in [5.74, 6) is 0.282. The second-order valence-electron chi connectivity index (χ2n) is 6.66. The maximum atomic E-state index is 13.1. The Morgan fingerprint density at radius 3 is 2.63 bits per heavy atom. The second kappa shape index (κ2) is 8.06. The van der Waals surface area contributed by atoms with E-state index >= 15 is 0 Å². The van der Waals surface area contributed by atoms with Crippen LogP contribution in [-0.4, -0.2) is 30.4 Å². The van der Waals surface area contributed by atoms with E-state index in [2.05, 4.69) is 21.7 Å². The van der Waals surface area contributed by atoms with Crippen LogP contribution in [0.4, 0.5) is 4.39 Å². The van der Waals surface area contributed by atoms with Gasteiger partial charge in [-0.15, -0.1) is 11.3 Å². The lowest BCUT2D eigenvalue weighted by Crippen LogP contribution is -2.36. The van der Waals surface area contributed by atoms with Crippen LogP contribution in [-0.2, 0) is 0 Å². The van der Waals surface area contributed by atoms with E-state index in [0.717, 1.165) is 18.7 Å². The number of likely N-dealkylation sites (tertiary alicyclic amines) is 1. The molecule has 6 heteroatoms. The van der Waals surface area contributed by atoms with Gasteiger partial charge in [-0.3, -0.25) is 9.69 Å². The summed E-state index contributed by atoms with van der Waals surface area (Å²) in [7, 11) is 0. The molecule has 1 fully saturated rings. The molecule has 1 aromatic carbocycles. The van der Waals surface area contributed by atoms with Gasteiger partial charge in [-0.05, 0) is 73.8 Å². The van der Waals surface area contributed by atoms with Crippen molar-refractivity contribution in [1.29, 1.82) is 0 Å². The average molecular weight is 384 g/mol. The monoisotopic (exact) mass is 384 g/mol. The highest BCUT2D eigenvalue weighted by Crippen LogP contribution is 2.28. The van der Waals surface area contributed by atoms with Crippen molar-refractivity contribution in [3.8, 4) is 11.3 Å². The molecule has 140 valence electrons. The predicted octanol–water partition coefficient (Wildman–Crippen LogP) is 4.71. The van der Waals surface area contributed by atoms with Crippen molar-refractivity contribution in [2.24, 2.45) is 0 Å². The maximum Gasteiger partial charge on any atom is 0.287 e. The molecule has 0 saturated carbocycles. The van der Waals surface area contributed by atoms with Crippen molar-refractivity contribution in [3.63, 3.8) is 0 Å². The highest BCUT2D eigenvalue weighted by atomic mass is 32.1. The number of amides is 1. The Morgan fingerprint density at radius 1 is 1.15 bits per heavy atom. The Morgan fingerprint density at radius 2 is 1.93 bits per heavy atom. The third-order valence-corrected chi connectivity index (χ3v) is 5.84. The number of nitrogens with zero attached hydrogens (tertiary/aromatic N) is 1. The van der Waals surface area contributed by atoms with Crippen LogP contribution in [0.1, 0.15) is 34.3 Å². The molecule has 4 rings (SSSR count). The van der Waals surface area contributed by atoms with Crippen molar-refractivity contribution in [3.05, 3.63) is 70.4 Å². The number of furan rings is 1. The molecular formula is C21H21FN2O2S. The van der Waals surface area contributed by atoms with Crippen LogP contribution in [0.15, 0.2) is 58.3 Å². The summed E-state index contributed by atoms with van der Waals surface area (Å²) in [4.78, 5) is 16.2. The van der Waals surface area contributed by atoms with E-state index in [1.807, 2.05) is 6.07 Å². The molecule has 1 amide bonds. The van der Waals surface area contributed by atoms with Crippen LogP contribution < -0.4 is 5.32 Å². The lowest BCUT2D eigenvalue weighted by atomic mass is 10.2. The summed E-state index contributed by atoms with van der Waals surface area (Å²) >= 11 is 1.72. The molecular weight excluding hydrogens is 363 g/mol. The normalized spacial score (nSPS) is 15.7. The van der Waals surface area contributed by atoms with E-state index in [0.29, 0.717) is 12.3 Å². The van der Waals surface area contributed by atoms with Crippen LogP contribution >= 0.6 is 11.3 Å². The minimum atomic E-state index is -0.301. The number of nitrogens with one attached hydrogen (secondary N) is 1. The topological polar surface area (TPSA) is 45.5 Å². The zero-order valence-corrected chi connectivity index (χ0v) is 15.7. The molecule has 0 bridgehead atoms. The maximum absolute atomic E-state index is 13.1. The molecule has 1 atom stereocenters. The first-order chi connectivity index (χ1) is 13.2. The van der Waals surface area contributed by atoms with Gasteiger partial charge in [0, 0.05) is 17.0 Å². The van der Waals surface area contributed by atoms with Crippen LogP contribution in [0.5, 0.6) is 0 Å². The van der Waals surface area contributed by atoms with Crippen molar-refractivity contribution >= 4 is 17.2 Å². The van der Waals surface area contributed by atoms with Gasteiger partial charge in [0.25, 0.3) is 5.91 Å². The van der Waals surface area contributed by atoms with Gasteiger partial charge in [0.05, 0.1) is 6.04 Å². The largest absolute Gasteiger partial charge is 0.451 e. The number of rotatable bonds is 6. The highest BCUT2D eigenvalue weighted by Gasteiger charge is 2.25. The quantitative estimate of drug-likeness (QED) is 0.669. The predicted molar refractivity (Wildman–Crippen MR) is 104 cm³/mol. The van der Waals surface area contributed by atoms with Gasteiger partial charge in [-0.25, -0.2) is 4.39 Å². The van der Waals surface area contributed by atoms with Crippen LogP contribution in [0.25, 0.3) is 11.3 Å². The Balaban J connectivity index is 1.43. The molecule has 0 aliphatic carbocycles. The molecule has 3 aromatic rings. The minimum Gasteiger partial charge on any atom is -0.451 e. The second-order valence-corrected chi connectivity index (χ2v) is 7.63. The number of carbonyl (C=O) groups excluding carboxylic acids is 1. The molecule has 1 aliphatic heterocycles. The zero-order chi connectivity index (χ0) is 18.6. The Kier molecular flexibility index (Phi) is 5.36. The number of thiophene rings is 1. The third kappa shape index (κ3) is 4.12. The first-order valence-electron chi connectivity index (χ1n) is 9.12. The number of halogens is 1. The lowest BCUT2D eigenvalue weighted by Gasteiger charge is -2.26. The van der Waals surface area contributed by atoms with Crippen molar-refractivity contribution in [1.82, 2.24) is 10.2 Å². The number of benzene rings is 1. The Bertz CT molecular complexity index is 883. The molecule has 4 nitrogen and oxygen atoms in total. The van der Waals surface area contributed by atoms with Gasteiger partial charge < -0.3 is 9.73 Å². The number of carbonyl (C=O) groups is 1. The van der Waals surface area contributed by atoms with Crippen molar-refractivity contribution in [2.75, 3.05) is 19.6 Å². The van der Waals surface area contributed by atoms with E-state index in [1.54, 1.807) is 35.6 Å². The van der Waals surface area contributed by atoms with Crippen molar-refractivity contribution < 1.29 is 13.6 Å².